The number of ether oxygens (including phenoxy) is 2. The molecule has 0 unspecified atom stereocenters. The molecule has 0 saturated carbocycles. The highest BCUT2D eigenvalue weighted by molar-refractivity contribution is 6.31. The monoisotopic (exact) mass is 419 g/mol. The van der Waals surface area contributed by atoms with Crippen LogP contribution >= 0.6 is 11.6 Å². The van der Waals surface area contributed by atoms with Gasteiger partial charge >= 0.3 is 0 Å². The summed E-state index contributed by atoms with van der Waals surface area (Å²) >= 11 is 5.99. The Morgan fingerprint density at radius 2 is 1.62 bits per heavy atom. The van der Waals surface area contributed by atoms with Crippen LogP contribution in [0.1, 0.15) is 12.5 Å². The molecular formula is C21H26ClN3O4. The smallest absolute Gasteiger partial charge is 0.238 e. The number of methoxy groups -OCH3 is 2. The minimum Gasteiger partial charge on any atom is -0.493 e. The van der Waals surface area contributed by atoms with Crippen LogP contribution in [0.5, 0.6) is 11.5 Å². The first-order valence-corrected chi connectivity index (χ1v) is 9.54. The Hall–Kier alpha value is -2.77. The molecule has 0 saturated heterocycles. The van der Waals surface area contributed by atoms with Gasteiger partial charge < -0.3 is 20.1 Å². The summed E-state index contributed by atoms with van der Waals surface area (Å²) < 4.78 is 10.4. The van der Waals surface area contributed by atoms with Gasteiger partial charge in [0.1, 0.15) is 0 Å². The molecule has 2 N–H and O–H groups in total. The first-order valence-electron chi connectivity index (χ1n) is 9.16. The van der Waals surface area contributed by atoms with Crippen molar-refractivity contribution in [3.8, 4) is 11.5 Å². The zero-order valence-corrected chi connectivity index (χ0v) is 17.8. The van der Waals surface area contributed by atoms with Gasteiger partial charge in [0.25, 0.3) is 0 Å². The van der Waals surface area contributed by atoms with Gasteiger partial charge in [-0.1, -0.05) is 24.6 Å². The Kier molecular flexibility index (Phi) is 8.30. The molecule has 0 aromatic heterocycles. The number of amides is 2. The van der Waals surface area contributed by atoms with Crippen LogP contribution in [0.25, 0.3) is 0 Å². The maximum absolute atomic E-state index is 12.4. The molecule has 2 aromatic carbocycles. The first kappa shape index (κ1) is 22.5. The minimum absolute atomic E-state index is 0.0762. The Labute approximate surface area is 175 Å². The number of benzene rings is 2. The average Bonchev–Trinajstić information content (AvgIpc) is 2.69. The van der Waals surface area contributed by atoms with Crippen LogP contribution < -0.4 is 20.1 Å². The molecule has 156 valence electrons. The average molecular weight is 420 g/mol. The predicted molar refractivity (Wildman–Crippen MR) is 115 cm³/mol. The topological polar surface area (TPSA) is 79.9 Å². The number of halogens is 1. The summed E-state index contributed by atoms with van der Waals surface area (Å²) in [6, 6.07) is 10.4. The van der Waals surface area contributed by atoms with Gasteiger partial charge in [-0.3, -0.25) is 14.5 Å². The van der Waals surface area contributed by atoms with Crippen LogP contribution in [0.3, 0.4) is 0 Å². The molecule has 0 bridgehead atoms. The van der Waals surface area contributed by atoms with E-state index in [0.717, 1.165) is 5.56 Å². The molecule has 0 aliphatic rings. The van der Waals surface area contributed by atoms with Crippen molar-refractivity contribution in [3.63, 3.8) is 0 Å². The fraction of sp³-hybridized carbons (Fsp3) is 0.333. The number of hydrogen-bond donors (Lipinski definition) is 2. The van der Waals surface area contributed by atoms with Crippen molar-refractivity contribution in [3.05, 3.63) is 47.0 Å². The van der Waals surface area contributed by atoms with Crippen LogP contribution in [0.15, 0.2) is 36.4 Å². The number of likely N-dealkylation sites (N-methyl/N-ethyl adjacent to an activating group) is 1. The molecule has 2 aromatic rings. The standard InChI is InChI=1S/C21H26ClN3O4/c1-5-25(13-21(27)24-17-10-15(22)7-6-14(17)2)12-20(26)23-16-8-9-18(28-3)19(11-16)29-4/h6-11H,5,12-13H2,1-4H3,(H,23,26)(H,24,27). The minimum atomic E-state index is -0.231. The van der Waals surface area contributed by atoms with Gasteiger partial charge in [-0.2, -0.15) is 0 Å². The van der Waals surface area contributed by atoms with Crippen molar-refractivity contribution < 1.29 is 19.1 Å². The summed E-state index contributed by atoms with van der Waals surface area (Å²) in [6.07, 6.45) is 0. The zero-order valence-electron chi connectivity index (χ0n) is 17.0. The van der Waals surface area contributed by atoms with E-state index >= 15 is 0 Å². The summed E-state index contributed by atoms with van der Waals surface area (Å²) in [4.78, 5) is 26.5. The van der Waals surface area contributed by atoms with Crippen molar-refractivity contribution in [2.24, 2.45) is 0 Å². The third-order valence-corrected chi connectivity index (χ3v) is 4.56. The highest BCUT2D eigenvalue weighted by Crippen LogP contribution is 2.29. The second-order valence-electron chi connectivity index (χ2n) is 6.43. The third kappa shape index (κ3) is 6.66. The van der Waals surface area contributed by atoms with Crippen molar-refractivity contribution in [2.45, 2.75) is 13.8 Å². The summed E-state index contributed by atoms with van der Waals surface area (Å²) in [7, 11) is 3.08. The van der Waals surface area contributed by atoms with Crippen LogP contribution in [0.4, 0.5) is 11.4 Å². The Balaban J connectivity index is 1.94. The molecule has 0 atom stereocenters. The summed E-state index contributed by atoms with van der Waals surface area (Å²) in [5, 5.41) is 6.19. The molecule has 2 rings (SSSR count). The molecule has 0 aliphatic carbocycles. The van der Waals surface area contributed by atoms with E-state index in [-0.39, 0.29) is 24.9 Å². The molecule has 2 amide bonds. The third-order valence-electron chi connectivity index (χ3n) is 4.32. The van der Waals surface area contributed by atoms with Crippen LogP contribution in [0.2, 0.25) is 5.02 Å². The fourth-order valence-corrected chi connectivity index (χ4v) is 2.89. The van der Waals surface area contributed by atoms with E-state index in [2.05, 4.69) is 10.6 Å². The van der Waals surface area contributed by atoms with Crippen molar-refractivity contribution in [1.29, 1.82) is 0 Å². The van der Waals surface area contributed by atoms with Crippen molar-refractivity contribution in [1.82, 2.24) is 4.90 Å². The number of nitrogens with zero attached hydrogens (tertiary/aromatic N) is 1. The van der Waals surface area contributed by atoms with Crippen molar-refractivity contribution in [2.75, 3.05) is 44.5 Å². The lowest BCUT2D eigenvalue weighted by atomic mass is 10.2. The van der Waals surface area contributed by atoms with Gasteiger partial charge in [-0.15, -0.1) is 0 Å². The quantitative estimate of drug-likeness (QED) is 0.649. The first-order chi connectivity index (χ1) is 13.9. The van der Waals surface area contributed by atoms with Gasteiger partial charge in [0.15, 0.2) is 11.5 Å². The largest absolute Gasteiger partial charge is 0.493 e. The molecule has 8 heteroatoms. The highest BCUT2D eigenvalue weighted by Gasteiger charge is 2.15. The predicted octanol–water partition coefficient (Wildman–Crippen LogP) is 3.56. The SMILES string of the molecule is CCN(CC(=O)Nc1ccc(OC)c(OC)c1)CC(=O)Nc1cc(Cl)ccc1C. The van der Waals surface area contributed by atoms with Crippen molar-refractivity contribution >= 4 is 34.8 Å². The number of hydrogen-bond acceptors (Lipinski definition) is 5. The molecular weight excluding hydrogens is 394 g/mol. The Bertz CT molecular complexity index is 873. The number of rotatable bonds is 9. The molecule has 0 heterocycles. The molecule has 0 spiro atoms. The Morgan fingerprint density at radius 3 is 2.24 bits per heavy atom. The Morgan fingerprint density at radius 1 is 0.966 bits per heavy atom. The summed E-state index contributed by atoms with van der Waals surface area (Å²) in [5.74, 6) is 0.657. The van der Waals surface area contributed by atoms with E-state index in [0.29, 0.717) is 34.4 Å². The normalized spacial score (nSPS) is 10.6. The molecule has 0 aliphatic heterocycles. The van der Waals surface area contributed by atoms with Gasteiger partial charge in [0.2, 0.25) is 11.8 Å². The van der Waals surface area contributed by atoms with Gasteiger partial charge in [-0.25, -0.2) is 0 Å². The van der Waals surface area contributed by atoms with E-state index in [4.69, 9.17) is 21.1 Å². The zero-order chi connectivity index (χ0) is 21.4. The van der Waals surface area contributed by atoms with Gasteiger partial charge in [0, 0.05) is 22.5 Å². The van der Waals surface area contributed by atoms with E-state index < -0.39 is 0 Å². The lowest BCUT2D eigenvalue weighted by Gasteiger charge is -2.20. The van der Waals surface area contributed by atoms with Crippen LogP contribution in [-0.4, -0.2) is 50.6 Å². The fourth-order valence-electron chi connectivity index (χ4n) is 2.72. The number of aryl methyl sites for hydroxylation is 1. The maximum Gasteiger partial charge on any atom is 0.238 e. The summed E-state index contributed by atoms with van der Waals surface area (Å²) in [6.45, 7) is 4.48. The number of anilines is 2. The van der Waals surface area contributed by atoms with E-state index in [1.807, 2.05) is 19.9 Å². The lowest BCUT2D eigenvalue weighted by Crippen LogP contribution is -2.38. The lowest BCUT2D eigenvalue weighted by molar-refractivity contribution is -0.119. The molecule has 29 heavy (non-hydrogen) atoms. The second kappa shape index (κ2) is 10.7. The van der Waals surface area contributed by atoms with Gasteiger partial charge in [-0.05, 0) is 43.3 Å². The summed E-state index contributed by atoms with van der Waals surface area (Å²) in [5.41, 5.74) is 2.16. The number of carbonyl (C=O) groups is 2. The van der Waals surface area contributed by atoms with E-state index in [1.165, 1.54) is 7.11 Å². The molecule has 0 radical (unpaired) electrons. The van der Waals surface area contributed by atoms with Gasteiger partial charge in [0.05, 0.1) is 27.3 Å². The molecule has 0 fully saturated rings. The second-order valence-corrected chi connectivity index (χ2v) is 6.87. The number of nitrogens with one attached hydrogen (secondary N) is 2. The molecule has 7 nitrogen and oxygen atoms in total. The maximum atomic E-state index is 12.4. The van der Waals surface area contributed by atoms with E-state index in [1.54, 1.807) is 42.3 Å². The van der Waals surface area contributed by atoms with Crippen LogP contribution in [-0.2, 0) is 9.59 Å². The highest BCUT2D eigenvalue weighted by atomic mass is 35.5. The van der Waals surface area contributed by atoms with E-state index in [9.17, 15) is 9.59 Å². The van der Waals surface area contributed by atoms with Crippen LogP contribution in [0, 0.1) is 6.92 Å². The number of carbonyl (C=O) groups excluding carboxylic acids is 2.